The van der Waals surface area contributed by atoms with Crippen LogP contribution in [0.15, 0.2) is 23.0 Å². The van der Waals surface area contributed by atoms with Gasteiger partial charge in [-0.2, -0.15) is 0 Å². The van der Waals surface area contributed by atoms with Gasteiger partial charge in [0.15, 0.2) is 4.77 Å². The Labute approximate surface area is 133 Å². The summed E-state index contributed by atoms with van der Waals surface area (Å²) in [4.78, 5) is 17.4. The lowest BCUT2D eigenvalue weighted by Gasteiger charge is -2.09. The van der Waals surface area contributed by atoms with Crippen molar-refractivity contribution < 1.29 is 4.39 Å². The summed E-state index contributed by atoms with van der Waals surface area (Å²) < 4.78 is 15.3. The van der Waals surface area contributed by atoms with E-state index >= 15 is 0 Å². The summed E-state index contributed by atoms with van der Waals surface area (Å²) in [7, 11) is 0. The van der Waals surface area contributed by atoms with E-state index in [0.717, 1.165) is 15.0 Å². The zero-order valence-electron chi connectivity index (χ0n) is 11.2. The third-order valence-electron chi connectivity index (χ3n) is 3.39. The number of para-hydroxylation sites is 1. The molecule has 21 heavy (non-hydrogen) atoms. The van der Waals surface area contributed by atoms with Crippen molar-refractivity contribution >= 4 is 45.4 Å². The fraction of sp³-hybridized carbons (Fsp3) is 0.143. The van der Waals surface area contributed by atoms with Crippen LogP contribution in [0.3, 0.4) is 0 Å². The number of H-pyrrole nitrogens is 1. The summed E-state index contributed by atoms with van der Waals surface area (Å²) >= 11 is 12.7. The third kappa shape index (κ3) is 2.14. The number of hydrogen-bond donors (Lipinski definition) is 1. The van der Waals surface area contributed by atoms with Crippen molar-refractivity contribution in [3.05, 3.63) is 54.6 Å². The molecule has 0 aliphatic heterocycles. The van der Waals surface area contributed by atoms with Gasteiger partial charge in [0.1, 0.15) is 16.3 Å². The highest BCUT2D eigenvalue weighted by Gasteiger charge is 2.17. The van der Waals surface area contributed by atoms with Crippen LogP contribution in [-0.2, 0) is 0 Å². The van der Waals surface area contributed by atoms with E-state index in [1.54, 1.807) is 0 Å². The molecule has 2 aromatic heterocycles. The van der Waals surface area contributed by atoms with Gasteiger partial charge in [-0.3, -0.25) is 4.79 Å². The Morgan fingerprint density at radius 2 is 2.10 bits per heavy atom. The van der Waals surface area contributed by atoms with E-state index in [-0.39, 0.29) is 21.0 Å². The SMILES string of the molecule is Cc1sc2[nH]c(=S)n(-c3c(F)cccc3Cl)c(=O)c2c1C. The number of rotatable bonds is 1. The highest BCUT2D eigenvalue weighted by molar-refractivity contribution is 7.71. The van der Waals surface area contributed by atoms with E-state index in [4.69, 9.17) is 23.8 Å². The van der Waals surface area contributed by atoms with Crippen molar-refractivity contribution in [1.29, 1.82) is 0 Å². The molecule has 0 bridgehead atoms. The molecule has 1 aromatic carbocycles. The standard InChI is InChI=1S/C14H10ClFN2OS2/c1-6-7(2)21-12-10(6)13(19)18(14(20)17-12)11-8(15)4-3-5-9(11)16/h3-5H,1-2H3,(H,17,20). The van der Waals surface area contributed by atoms with Crippen LogP contribution in [0.25, 0.3) is 15.9 Å². The van der Waals surface area contributed by atoms with Gasteiger partial charge in [0.2, 0.25) is 0 Å². The molecule has 7 heteroatoms. The Morgan fingerprint density at radius 3 is 2.76 bits per heavy atom. The maximum Gasteiger partial charge on any atom is 0.268 e. The molecule has 1 N–H and O–H groups in total. The molecule has 0 unspecified atom stereocenters. The van der Waals surface area contributed by atoms with Gasteiger partial charge >= 0.3 is 0 Å². The molecule has 0 aliphatic carbocycles. The second-order valence-electron chi connectivity index (χ2n) is 4.63. The van der Waals surface area contributed by atoms with Crippen LogP contribution in [0, 0.1) is 24.4 Å². The van der Waals surface area contributed by atoms with Crippen molar-refractivity contribution in [3.8, 4) is 5.69 Å². The van der Waals surface area contributed by atoms with Crippen LogP contribution < -0.4 is 5.56 Å². The fourth-order valence-electron chi connectivity index (χ4n) is 2.24. The molecule has 0 saturated heterocycles. The molecule has 108 valence electrons. The Kier molecular flexibility index (Phi) is 3.47. The summed E-state index contributed by atoms with van der Waals surface area (Å²) in [5.41, 5.74) is 0.491. The predicted molar refractivity (Wildman–Crippen MR) is 87.0 cm³/mol. The summed E-state index contributed by atoms with van der Waals surface area (Å²) in [6.45, 7) is 3.79. The molecule has 2 heterocycles. The van der Waals surface area contributed by atoms with Gasteiger partial charge in [-0.15, -0.1) is 11.3 Å². The number of thiophene rings is 1. The molecule has 0 atom stereocenters. The Hall–Kier alpha value is -1.50. The largest absolute Gasteiger partial charge is 0.323 e. The predicted octanol–water partition coefficient (Wildman–Crippen LogP) is 4.52. The Bertz CT molecular complexity index is 967. The number of fused-ring (bicyclic) bond motifs is 1. The van der Waals surface area contributed by atoms with Crippen LogP contribution in [0.1, 0.15) is 10.4 Å². The average molecular weight is 341 g/mol. The second-order valence-corrected chi connectivity index (χ2v) is 6.65. The minimum absolute atomic E-state index is 0.0180. The summed E-state index contributed by atoms with van der Waals surface area (Å²) in [5, 5.41) is 0.658. The zero-order chi connectivity index (χ0) is 15.3. The van der Waals surface area contributed by atoms with E-state index in [1.165, 1.54) is 29.5 Å². The van der Waals surface area contributed by atoms with Gasteiger partial charge in [0.25, 0.3) is 5.56 Å². The van der Waals surface area contributed by atoms with Crippen LogP contribution >= 0.6 is 35.2 Å². The zero-order valence-corrected chi connectivity index (χ0v) is 13.5. The fourth-order valence-corrected chi connectivity index (χ4v) is 3.88. The highest BCUT2D eigenvalue weighted by atomic mass is 35.5. The van der Waals surface area contributed by atoms with E-state index in [9.17, 15) is 9.18 Å². The number of nitrogens with one attached hydrogen (secondary N) is 1. The lowest BCUT2D eigenvalue weighted by Crippen LogP contribution is -2.21. The van der Waals surface area contributed by atoms with Gasteiger partial charge in [0, 0.05) is 4.88 Å². The first-order valence-corrected chi connectivity index (χ1v) is 7.71. The molecule has 0 saturated carbocycles. The smallest absolute Gasteiger partial charge is 0.268 e. The number of nitrogens with zero attached hydrogens (tertiary/aromatic N) is 1. The van der Waals surface area contributed by atoms with Crippen molar-refractivity contribution in [2.45, 2.75) is 13.8 Å². The summed E-state index contributed by atoms with van der Waals surface area (Å²) in [6.07, 6.45) is 0. The quantitative estimate of drug-likeness (QED) is 0.661. The van der Waals surface area contributed by atoms with E-state index in [0.29, 0.717) is 10.2 Å². The number of halogens is 2. The van der Waals surface area contributed by atoms with Crippen LogP contribution in [0.5, 0.6) is 0 Å². The number of hydrogen-bond acceptors (Lipinski definition) is 3. The van der Waals surface area contributed by atoms with Gasteiger partial charge in [-0.1, -0.05) is 17.7 Å². The van der Waals surface area contributed by atoms with Crippen LogP contribution in [0.4, 0.5) is 4.39 Å². The first-order valence-electron chi connectivity index (χ1n) is 6.11. The first-order chi connectivity index (χ1) is 9.91. The molecule has 3 rings (SSSR count). The first kappa shape index (κ1) is 14.4. The number of benzene rings is 1. The van der Waals surface area contributed by atoms with Gasteiger partial charge in [-0.25, -0.2) is 8.96 Å². The topological polar surface area (TPSA) is 37.8 Å². The van der Waals surface area contributed by atoms with Gasteiger partial charge < -0.3 is 4.98 Å². The molecule has 0 spiro atoms. The van der Waals surface area contributed by atoms with Crippen molar-refractivity contribution in [1.82, 2.24) is 9.55 Å². The minimum Gasteiger partial charge on any atom is -0.323 e. The number of aromatic amines is 1. The van der Waals surface area contributed by atoms with Crippen molar-refractivity contribution in [2.24, 2.45) is 0 Å². The molecule has 3 aromatic rings. The van der Waals surface area contributed by atoms with Gasteiger partial charge in [0.05, 0.1) is 10.4 Å². The Morgan fingerprint density at radius 1 is 1.38 bits per heavy atom. The second kappa shape index (κ2) is 5.05. The number of aryl methyl sites for hydroxylation is 2. The van der Waals surface area contributed by atoms with Crippen molar-refractivity contribution in [3.63, 3.8) is 0 Å². The van der Waals surface area contributed by atoms with E-state index in [2.05, 4.69) is 4.98 Å². The lowest BCUT2D eigenvalue weighted by molar-refractivity contribution is 0.615. The number of aromatic nitrogens is 2. The van der Waals surface area contributed by atoms with Crippen LogP contribution in [0.2, 0.25) is 5.02 Å². The maximum absolute atomic E-state index is 14.1. The maximum atomic E-state index is 14.1. The normalized spacial score (nSPS) is 11.2. The summed E-state index contributed by atoms with van der Waals surface area (Å²) in [6, 6.07) is 4.26. The molecule has 0 amide bonds. The molecular weight excluding hydrogens is 331 g/mol. The lowest BCUT2D eigenvalue weighted by atomic mass is 10.2. The monoisotopic (exact) mass is 340 g/mol. The van der Waals surface area contributed by atoms with Crippen LogP contribution in [-0.4, -0.2) is 9.55 Å². The Balaban J connectivity index is 2.53. The van der Waals surface area contributed by atoms with Crippen molar-refractivity contribution in [2.75, 3.05) is 0 Å². The molecule has 0 radical (unpaired) electrons. The molecule has 0 aliphatic rings. The van der Waals surface area contributed by atoms with E-state index in [1.807, 2.05) is 13.8 Å². The minimum atomic E-state index is -0.590. The third-order valence-corrected chi connectivity index (χ3v) is 5.10. The average Bonchev–Trinajstić information content (AvgIpc) is 2.68. The molecular formula is C14H10ClFN2OS2. The summed E-state index contributed by atoms with van der Waals surface area (Å²) in [5.74, 6) is -0.590. The van der Waals surface area contributed by atoms with E-state index < -0.39 is 5.82 Å². The molecule has 0 fully saturated rings. The van der Waals surface area contributed by atoms with Gasteiger partial charge in [-0.05, 0) is 43.8 Å². The molecule has 3 nitrogen and oxygen atoms in total. The highest BCUT2D eigenvalue weighted by Crippen LogP contribution is 2.28.